The molecule has 0 amide bonds. The minimum atomic E-state index is -2.65. The minimum absolute atomic E-state index is 0.365. The molecule has 0 aliphatic carbocycles. The molecular formula is C9H12NO4S. The zero-order valence-corrected chi connectivity index (χ0v) is 9.36. The molecule has 1 unspecified atom stereocenters. The third kappa shape index (κ3) is 2.59. The highest BCUT2D eigenvalue weighted by molar-refractivity contribution is 7.72. The number of rotatable bonds is 4. The summed E-state index contributed by atoms with van der Waals surface area (Å²) in [6, 6.07) is 1.52. The fraction of sp³-hybridized carbons (Fsp3) is 0.333. The topological polar surface area (TPSA) is 65.5 Å². The number of aromatic nitrogens is 1. The highest BCUT2D eigenvalue weighted by atomic mass is 32.2. The molecule has 0 bridgehead atoms. The Morgan fingerprint density at radius 2 is 2.07 bits per heavy atom. The standard InChI is InChI=1S/C9H12NO4S/c1-6(15(11)12)7-5-10-9(14-3)4-8(7)13-2/h4-6,15H,1H2,2-3H3. The van der Waals surface area contributed by atoms with Crippen LogP contribution in [0.5, 0.6) is 11.6 Å². The van der Waals surface area contributed by atoms with Crippen molar-refractivity contribution in [1.82, 2.24) is 4.98 Å². The third-order valence-corrected chi connectivity index (χ3v) is 2.70. The van der Waals surface area contributed by atoms with Gasteiger partial charge in [0.05, 0.1) is 19.5 Å². The maximum Gasteiger partial charge on any atom is 0.216 e. The van der Waals surface area contributed by atoms with E-state index in [-0.39, 0.29) is 0 Å². The van der Waals surface area contributed by atoms with Crippen LogP contribution in [0, 0.1) is 6.92 Å². The van der Waals surface area contributed by atoms with Crippen LogP contribution in [0.2, 0.25) is 0 Å². The lowest BCUT2D eigenvalue weighted by Crippen LogP contribution is -2.01. The molecule has 0 spiro atoms. The normalized spacial score (nSPS) is 12.5. The third-order valence-electron chi connectivity index (χ3n) is 1.91. The van der Waals surface area contributed by atoms with E-state index in [1.165, 1.54) is 26.5 Å². The largest absolute Gasteiger partial charge is 0.496 e. The van der Waals surface area contributed by atoms with Gasteiger partial charge in [0.25, 0.3) is 0 Å². The molecule has 1 aromatic heterocycles. The molecule has 0 saturated heterocycles. The summed E-state index contributed by atoms with van der Waals surface area (Å²) in [6.07, 6.45) is 1.39. The first-order valence-corrected chi connectivity index (χ1v) is 5.39. The summed E-state index contributed by atoms with van der Waals surface area (Å²) in [7, 11) is 0.271. The summed E-state index contributed by atoms with van der Waals surface area (Å²) in [5.41, 5.74) is 0.425. The number of hydrogen-bond acceptors (Lipinski definition) is 5. The Morgan fingerprint density at radius 1 is 1.40 bits per heavy atom. The van der Waals surface area contributed by atoms with Crippen LogP contribution in [-0.2, 0) is 10.7 Å². The van der Waals surface area contributed by atoms with Crippen molar-refractivity contribution in [2.45, 2.75) is 5.25 Å². The molecule has 0 N–H and O–H groups in total. The van der Waals surface area contributed by atoms with Crippen LogP contribution in [-0.4, -0.2) is 27.6 Å². The molecule has 83 valence electrons. The van der Waals surface area contributed by atoms with Crippen LogP contribution >= 0.6 is 0 Å². The van der Waals surface area contributed by atoms with Crippen molar-refractivity contribution in [2.24, 2.45) is 0 Å². The highest BCUT2D eigenvalue weighted by Gasteiger charge is 2.15. The Bertz CT molecular complexity index is 409. The van der Waals surface area contributed by atoms with Crippen LogP contribution in [0.3, 0.4) is 0 Å². The summed E-state index contributed by atoms with van der Waals surface area (Å²) >= 11 is 0. The van der Waals surface area contributed by atoms with E-state index in [1.54, 1.807) is 0 Å². The Kier molecular flexibility index (Phi) is 3.90. The van der Waals surface area contributed by atoms with Gasteiger partial charge in [0.2, 0.25) is 5.88 Å². The van der Waals surface area contributed by atoms with E-state index in [9.17, 15) is 8.42 Å². The Morgan fingerprint density at radius 3 is 2.53 bits per heavy atom. The second-order valence-electron chi connectivity index (χ2n) is 2.77. The lowest BCUT2D eigenvalue weighted by atomic mass is 10.2. The number of methoxy groups -OCH3 is 2. The summed E-state index contributed by atoms with van der Waals surface area (Å²) in [6.45, 7) is 3.51. The van der Waals surface area contributed by atoms with Gasteiger partial charge in [-0.15, -0.1) is 0 Å². The quantitative estimate of drug-likeness (QED) is 0.767. The number of pyridine rings is 1. The smallest absolute Gasteiger partial charge is 0.216 e. The fourth-order valence-electron chi connectivity index (χ4n) is 1.08. The van der Waals surface area contributed by atoms with Crippen LogP contribution < -0.4 is 9.47 Å². The molecule has 6 heteroatoms. The lowest BCUT2D eigenvalue weighted by molar-refractivity contribution is 0.379. The van der Waals surface area contributed by atoms with Gasteiger partial charge in [-0.25, -0.2) is 13.4 Å². The predicted octanol–water partition coefficient (Wildman–Crippen LogP) is 0.585. The van der Waals surface area contributed by atoms with E-state index in [2.05, 4.69) is 11.9 Å². The zero-order chi connectivity index (χ0) is 11.4. The molecule has 15 heavy (non-hydrogen) atoms. The average molecular weight is 230 g/mol. The Balaban J connectivity index is 3.18. The number of nitrogens with zero attached hydrogens (tertiary/aromatic N) is 1. The van der Waals surface area contributed by atoms with Gasteiger partial charge in [0.1, 0.15) is 16.5 Å². The van der Waals surface area contributed by atoms with Crippen molar-refractivity contribution in [3.63, 3.8) is 0 Å². The van der Waals surface area contributed by atoms with Gasteiger partial charge in [-0.3, -0.25) is 0 Å². The molecule has 0 fully saturated rings. The number of ether oxygens (including phenoxy) is 2. The van der Waals surface area contributed by atoms with Gasteiger partial charge in [0.15, 0.2) is 0 Å². The first-order valence-electron chi connectivity index (χ1n) is 4.14. The van der Waals surface area contributed by atoms with Gasteiger partial charge in [-0.1, -0.05) is 0 Å². The minimum Gasteiger partial charge on any atom is -0.496 e. The van der Waals surface area contributed by atoms with E-state index in [0.29, 0.717) is 17.2 Å². The second kappa shape index (κ2) is 4.97. The Labute approximate surface area is 90.0 Å². The molecule has 5 nitrogen and oxygen atoms in total. The summed E-state index contributed by atoms with van der Waals surface area (Å²) in [5.74, 6) is 0.768. The van der Waals surface area contributed by atoms with Crippen molar-refractivity contribution in [2.75, 3.05) is 14.2 Å². The monoisotopic (exact) mass is 230 g/mol. The van der Waals surface area contributed by atoms with E-state index in [1.807, 2.05) is 0 Å². The zero-order valence-electron chi connectivity index (χ0n) is 8.47. The summed E-state index contributed by atoms with van der Waals surface area (Å²) in [5, 5.41) is -0.867. The fourth-order valence-corrected chi connectivity index (χ4v) is 1.50. The van der Waals surface area contributed by atoms with Crippen molar-refractivity contribution >= 4 is 10.7 Å². The molecule has 1 atom stereocenters. The summed E-state index contributed by atoms with van der Waals surface area (Å²) < 4.78 is 31.5. The van der Waals surface area contributed by atoms with Gasteiger partial charge < -0.3 is 9.47 Å². The molecule has 1 rings (SSSR count). The SMILES string of the molecule is [CH2]C(c1cnc(OC)cc1OC)[SH](=O)=O. The molecule has 0 aliphatic heterocycles. The van der Waals surface area contributed by atoms with E-state index in [0.717, 1.165) is 0 Å². The van der Waals surface area contributed by atoms with Crippen molar-refractivity contribution < 1.29 is 17.9 Å². The molecular weight excluding hydrogens is 218 g/mol. The lowest BCUT2D eigenvalue weighted by Gasteiger charge is -2.10. The molecule has 1 radical (unpaired) electrons. The van der Waals surface area contributed by atoms with E-state index < -0.39 is 16.0 Å². The molecule has 0 saturated carbocycles. The maximum atomic E-state index is 10.8. The van der Waals surface area contributed by atoms with Crippen LogP contribution in [0.1, 0.15) is 10.8 Å². The molecule has 0 aromatic carbocycles. The molecule has 1 aromatic rings. The van der Waals surface area contributed by atoms with Crippen LogP contribution in [0.4, 0.5) is 0 Å². The van der Waals surface area contributed by atoms with Gasteiger partial charge in [-0.05, 0) is 6.92 Å². The highest BCUT2D eigenvalue weighted by Crippen LogP contribution is 2.28. The van der Waals surface area contributed by atoms with Crippen molar-refractivity contribution in [3.05, 3.63) is 24.8 Å². The van der Waals surface area contributed by atoms with Gasteiger partial charge in [-0.2, -0.15) is 0 Å². The van der Waals surface area contributed by atoms with Gasteiger partial charge >= 0.3 is 0 Å². The number of thiol groups is 1. The molecule has 0 aliphatic rings. The Hall–Kier alpha value is -1.30. The van der Waals surface area contributed by atoms with Crippen LogP contribution in [0.15, 0.2) is 12.3 Å². The van der Waals surface area contributed by atoms with Crippen LogP contribution in [0.25, 0.3) is 0 Å². The van der Waals surface area contributed by atoms with E-state index in [4.69, 9.17) is 9.47 Å². The van der Waals surface area contributed by atoms with Gasteiger partial charge in [0, 0.05) is 17.8 Å². The average Bonchev–Trinajstić information content (AvgIpc) is 2.27. The first-order chi connectivity index (χ1) is 7.10. The first kappa shape index (κ1) is 11.8. The maximum absolute atomic E-state index is 10.8. The van der Waals surface area contributed by atoms with Crippen molar-refractivity contribution in [1.29, 1.82) is 0 Å². The van der Waals surface area contributed by atoms with Crippen molar-refractivity contribution in [3.8, 4) is 11.6 Å². The second-order valence-corrected chi connectivity index (χ2v) is 3.96. The summed E-state index contributed by atoms with van der Waals surface area (Å²) in [4.78, 5) is 3.90. The predicted molar refractivity (Wildman–Crippen MR) is 55.8 cm³/mol. The molecule has 1 heterocycles. The number of hydrogen-bond donors (Lipinski definition) is 1. The van der Waals surface area contributed by atoms with E-state index >= 15 is 0 Å².